The van der Waals surface area contributed by atoms with Gasteiger partial charge in [0.25, 0.3) is 0 Å². The van der Waals surface area contributed by atoms with Gasteiger partial charge in [0.15, 0.2) is 0 Å². The molecular formula is C18H27N3O. The summed E-state index contributed by atoms with van der Waals surface area (Å²) in [5, 5.41) is 3.16. The van der Waals surface area contributed by atoms with Crippen molar-refractivity contribution in [2.75, 3.05) is 31.5 Å². The van der Waals surface area contributed by atoms with Gasteiger partial charge in [-0.3, -0.25) is 4.90 Å². The summed E-state index contributed by atoms with van der Waals surface area (Å²) in [5.41, 5.74) is 3.34. The summed E-state index contributed by atoms with van der Waals surface area (Å²) < 4.78 is 0. The summed E-state index contributed by atoms with van der Waals surface area (Å²) in [6, 6.07) is 7.08. The van der Waals surface area contributed by atoms with Crippen LogP contribution in [-0.2, 0) is 0 Å². The Morgan fingerprint density at radius 3 is 2.45 bits per heavy atom. The Bertz CT molecular complexity index is 543. The van der Waals surface area contributed by atoms with E-state index in [1.54, 1.807) is 0 Å². The zero-order valence-electron chi connectivity index (χ0n) is 13.9. The van der Waals surface area contributed by atoms with Gasteiger partial charge in [-0.2, -0.15) is 0 Å². The quantitative estimate of drug-likeness (QED) is 0.928. The van der Waals surface area contributed by atoms with Crippen LogP contribution in [0.15, 0.2) is 18.2 Å². The predicted molar refractivity (Wildman–Crippen MR) is 90.5 cm³/mol. The van der Waals surface area contributed by atoms with Gasteiger partial charge in [0.05, 0.1) is 0 Å². The first-order chi connectivity index (χ1) is 10.6. The van der Waals surface area contributed by atoms with Gasteiger partial charge in [-0.05, 0) is 36.8 Å². The fourth-order valence-corrected chi connectivity index (χ4v) is 3.26. The molecule has 0 radical (unpaired) electrons. The first-order valence-corrected chi connectivity index (χ1v) is 8.45. The van der Waals surface area contributed by atoms with Crippen LogP contribution < -0.4 is 5.32 Å². The van der Waals surface area contributed by atoms with Crippen LogP contribution in [0.5, 0.6) is 0 Å². The van der Waals surface area contributed by atoms with E-state index in [4.69, 9.17) is 0 Å². The Morgan fingerprint density at radius 1 is 1.18 bits per heavy atom. The van der Waals surface area contributed by atoms with Crippen LogP contribution in [0.1, 0.15) is 43.7 Å². The van der Waals surface area contributed by atoms with E-state index in [1.165, 1.54) is 18.4 Å². The maximum atomic E-state index is 12.6. The summed E-state index contributed by atoms with van der Waals surface area (Å²) in [7, 11) is 0. The number of aryl methyl sites for hydroxylation is 1. The minimum absolute atomic E-state index is 0.0478. The second-order valence-electron chi connectivity index (χ2n) is 6.88. The van der Waals surface area contributed by atoms with Gasteiger partial charge >= 0.3 is 6.03 Å². The number of rotatable bonds is 3. The van der Waals surface area contributed by atoms with Gasteiger partial charge in [0.1, 0.15) is 0 Å². The summed E-state index contributed by atoms with van der Waals surface area (Å²) in [6.07, 6.45) is 2.68. The monoisotopic (exact) mass is 301 g/mol. The number of benzene rings is 1. The molecule has 1 aromatic rings. The summed E-state index contributed by atoms with van der Waals surface area (Å²) in [4.78, 5) is 17.1. The first kappa shape index (κ1) is 15.3. The predicted octanol–water partition coefficient (Wildman–Crippen LogP) is 3.43. The third-order valence-corrected chi connectivity index (χ3v) is 4.82. The normalized spacial score (nSPS) is 19.5. The van der Waals surface area contributed by atoms with Crippen LogP contribution in [0.4, 0.5) is 10.5 Å². The minimum atomic E-state index is 0.0478. The van der Waals surface area contributed by atoms with Crippen LogP contribution in [0.2, 0.25) is 0 Å². The first-order valence-electron chi connectivity index (χ1n) is 8.45. The zero-order chi connectivity index (χ0) is 15.7. The largest absolute Gasteiger partial charge is 0.322 e. The number of para-hydroxylation sites is 1. The molecule has 4 nitrogen and oxygen atoms in total. The second kappa shape index (κ2) is 6.29. The second-order valence-corrected chi connectivity index (χ2v) is 6.88. The van der Waals surface area contributed by atoms with Gasteiger partial charge < -0.3 is 10.2 Å². The van der Waals surface area contributed by atoms with Gasteiger partial charge in [-0.15, -0.1) is 0 Å². The Hall–Kier alpha value is -1.55. The standard InChI is InChI=1S/C18H27N3O/c1-13(2)16-6-4-5-14(3)17(16)19-18(22)21-11-9-20(10-12-21)15-7-8-15/h4-6,13,15H,7-12H2,1-3H3,(H,19,22). The average molecular weight is 301 g/mol. The molecule has 1 saturated carbocycles. The number of nitrogens with one attached hydrogen (secondary N) is 1. The van der Waals surface area contributed by atoms with E-state index in [0.717, 1.165) is 43.5 Å². The lowest BCUT2D eigenvalue weighted by Crippen LogP contribution is -2.50. The van der Waals surface area contributed by atoms with E-state index in [0.29, 0.717) is 5.92 Å². The molecule has 1 aliphatic carbocycles. The molecule has 0 unspecified atom stereocenters. The molecule has 1 heterocycles. The number of piperazine rings is 1. The Balaban J connectivity index is 1.64. The van der Waals surface area contributed by atoms with Crippen LogP contribution in [-0.4, -0.2) is 48.1 Å². The van der Waals surface area contributed by atoms with Crippen molar-refractivity contribution in [1.82, 2.24) is 9.80 Å². The summed E-state index contributed by atoms with van der Waals surface area (Å²) in [5.74, 6) is 0.405. The Kier molecular flexibility index (Phi) is 4.39. The number of amides is 2. The SMILES string of the molecule is Cc1cccc(C(C)C)c1NC(=O)N1CCN(C2CC2)CC1. The van der Waals surface area contributed by atoms with Crippen molar-refractivity contribution in [1.29, 1.82) is 0 Å². The van der Waals surface area contributed by atoms with Gasteiger partial charge in [-0.1, -0.05) is 32.0 Å². The van der Waals surface area contributed by atoms with E-state index in [1.807, 2.05) is 4.90 Å². The van der Waals surface area contributed by atoms with Crippen LogP contribution in [0, 0.1) is 6.92 Å². The molecular weight excluding hydrogens is 274 g/mol. The molecule has 1 N–H and O–H groups in total. The zero-order valence-corrected chi connectivity index (χ0v) is 13.9. The van der Waals surface area contributed by atoms with E-state index in [-0.39, 0.29) is 6.03 Å². The minimum Gasteiger partial charge on any atom is -0.322 e. The number of anilines is 1. The van der Waals surface area contributed by atoms with E-state index in [9.17, 15) is 4.79 Å². The fourth-order valence-electron chi connectivity index (χ4n) is 3.26. The van der Waals surface area contributed by atoms with E-state index >= 15 is 0 Å². The van der Waals surface area contributed by atoms with Gasteiger partial charge in [0, 0.05) is 37.9 Å². The molecule has 22 heavy (non-hydrogen) atoms. The number of hydrogen-bond donors (Lipinski definition) is 1. The van der Waals surface area contributed by atoms with E-state index < -0.39 is 0 Å². The topological polar surface area (TPSA) is 35.6 Å². The third-order valence-electron chi connectivity index (χ3n) is 4.82. The third kappa shape index (κ3) is 3.27. The molecule has 2 aliphatic rings. The lowest BCUT2D eigenvalue weighted by atomic mass is 9.98. The van der Waals surface area contributed by atoms with Crippen LogP contribution in [0.25, 0.3) is 0 Å². The molecule has 4 heteroatoms. The number of hydrogen-bond acceptors (Lipinski definition) is 2. The van der Waals surface area contributed by atoms with Crippen molar-refractivity contribution in [2.24, 2.45) is 0 Å². The van der Waals surface area contributed by atoms with Crippen molar-refractivity contribution >= 4 is 11.7 Å². The highest BCUT2D eigenvalue weighted by molar-refractivity contribution is 5.91. The van der Waals surface area contributed by atoms with Crippen molar-refractivity contribution in [3.63, 3.8) is 0 Å². The van der Waals surface area contributed by atoms with E-state index in [2.05, 4.69) is 49.2 Å². The number of carbonyl (C=O) groups excluding carboxylic acids is 1. The molecule has 2 fully saturated rings. The molecule has 1 saturated heterocycles. The average Bonchev–Trinajstić information content (AvgIpc) is 3.34. The highest BCUT2D eigenvalue weighted by Gasteiger charge is 2.32. The molecule has 0 aromatic heterocycles. The smallest absolute Gasteiger partial charge is 0.321 e. The molecule has 1 aromatic carbocycles. The Labute approximate surface area is 133 Å². The summed E-state index contributed by atoms with van der Waals surface area (Å²) >= 11 is 0. The molecule has 0 spiro atoms. The maximum absolute atomic E-state index is 12.6. The number of nitrogens with zero attached hydrogens (tertiary/aromatic N) is 2. The maximum Gasteiger partial charge on any atom is 0.321 e. The number of urea groups is 1. The van der Waals surface area contributed by atoms with Crippen LogP contribution in [0.3, 0.4) is 0 Å². The number of carbonyl (C=O) groups is 1. The Morgan fingerprint density at radius 2 is 1.86 bits per heavy atom. The molecule has 0 bridgehead atoms. The molecule has 1 aliphatic heterocycles. The van der Waals surface area contributed by atoms with Crippen LogP contribution >= 0.6 is 0 Å². The van der Waals surface area contributed by atoms with Crippen molar-refractivity contribution in [3.05, 3.63) is 29.3 Å². The van der Waals surface area contributed by atoms with Gasteiger partial charge in [0.2, 0.25) is 0 Å². The lowest BCUT2D eigenvalue weighted by Gasteiger charge is -2.35. The van der Waals surface area contributed by atoms with Crippen molar-refractivity contribution < 1.29 is 4.79 Å². The molecule has 0 atom stereocenters. The molecule has 120 valence electrons. The molecule has 2 amide bonds. The molecule has 3 rings (SSSR count). The van der Waals surface area contributed by atoms with Crippen molar-refractivity contribution in [2.45, 2.75) is 45.6 Å². The fraction of sp³-hybridized carbons (Fsp3) is 0.611. The summed E-state index contributed by atoms with van der Waals surface area (Å²) in [6.45, 7) is 10.1. The highest BCUT2D eigenvalue weighted by Crippen LogP contribution is 2.29. The van der Waals surface area contributed by atoms with Gasteiger partial charge in [-0.25, -0.2) is 4.79 Å². The highest BCUT2D eigenvalue weighted by atomic mass is 16.2. The lowest BCUT2D eigenvalue weighted by molar-refractivity contribution is 0.142. The van der Waals surface area contributed by atoms with Crippen molar-refractivity contribution in [3.8, 4) is 0 Å².